The van der Waals surface area contributed by atoms with Crippen molar-refractivity contribution in [3.63, 3.8) is 0 Å². The molecule has 0 amide bonds. The minimum atomic E-state index is -0.406. The molecule has 0 aliphatic rings. The Bertz CT molecular complexity index is 600. The molecule has 2 N–H and O–H groups in total. The molecular formula is C16H20ClN3O2. The van der Waals surface area contributed by atoms with E-state index in [2.05, 4.69) is 19.1 Å². The van der Waals surface area contributed by atoms with Gasteiger partial charge in [-0.2, -0.15) is 0 Å². The molecule has 0 saturated carbocycles. The van der Waals surface area contributed by atoms with Gasteiger partial charge in [0, 0.05) is 12.1 Å². The summed E-state index contributed by atoms with van der Waals surface area (Å²) in [5.41, 5.74) is 3.24. The van der Waals surface area contributed by atoms with Crippen LogP contribution in [-0.4, -0.2) is 4.92 Å². The van der Waals surface area contributed by atoms with E-state index in [4.69, 9.17) is 5.84 Å². The van der Waals surface area contributed by atoms with Crippen molar-refractivity contribution in [2.24, 2.45) is 5.84 Å². The van der Waals surface area contributed by atoms with E-state index in [0.29, 0.717) is 6.54 Å². The monoisotopic (exact) mass is 321 g/mol. The van der Waals surface area contributed by atoms with Gasteiger partial charge in [-0.05, 0) is 29.7 Å². The SMILES string of the molecule is CCCc1ccc(N(N)Cc2ccc([N+](=O)[O-])cc2)cc1.Cl. The van der Waals surface area contributed by atoms with Crippen molar-refractivity contribution in [2.75, 3.05) is 5.01 Å². The Morgan fingerprint density at radius 3 is 2.09 bits per heavy atom. The smallest absolute Gasteiger partial charge is 0.269 e. The first kappa shape index (κ1) is 17.9. The lowest BCUT2D eigenvalue weighted by Gasteiger charge is -2.19. The normalized spacial score (nSPS) is 9.91. The summed E-state index contributed by atoms with van der Waals surface area (Å²) in [7, 11) is 0. The molecule has 0 aromatic heterocycles. The number of nitrogens with two attached hydrogens (primary N) is 1. The fourth-order valence-corrected chi connectivity index (χ4v) is 2.15. The zero-order valence-electron chi connectivity index (χ0n) is 12.4. The summed E-state index contributed by atoms with van der Waals surface area (Å²) in [6.07, 6.45) is 2.18. The Hall–Kier alpha value is -2.11. The lowest BCUT2D eigenvalue weighted by molar-refractivity contribution is -0.384. The second-order valence-corrected chi connectivity index (χ2v) is 4.97. The van der Waals surface area contributed by atoms with E-state index in [1.807, 2.05) is 12.1 Å². The summed E-state index contributed by atoms with van der Waals surface area (Å²) < 4.78 is 0. The summed E-state index contributed by atoms with van der Waals surface area (Å²) in [5, 5.41) is 12.2. The molecule has 0 bridgehead atoms. The van der Waals surface area contributed by atoms with Gasteiger partial charge in [-0.3, -0.25) is 10.1 Å². The summed E-state index contributed by atoms with van der Waals surface area (Å²) >= 11 is 0. The first-order valence-corrected chi connectivity index (χ1v) is 6.94. The van der Waals surface area contributed by atoms with Gasteiger partial charge in [0.15, 0.2) is 0 Å². The molecule has 118 valence electrons. The number of nitrogens with zero attached hydrogens (tertiary/aromatic N) is 2. The van der Waals surface area contributed by atoms with E-state index in [-0.39, 0.29) is 18.1 Å². The van der Waals surface area contributed by atoms with Crippen LogP contribution in [0.15, 0.2) is 48.5 Å². The van der Waals surface area contributed by atoms with Gasteiger partial charge in [0.2, 0.25) is 0 Å². The van der Waals surface area contributed by atoms with Crippen LogP contribution in [0.3, 0.4) is 0 Å². The van der Waals surface area contributed by atoms with Crippen molar-refractivity contribution in [1.29, 1.82) is 0 Å². The number of aryl methyl sites for hydroxylation is 1. The van der Waals surface area contributed by atoms with Crippen molar-refractivity contribution >= 4 is 23.8 Å². The van der Waals surface area contributed by atoms with Crippen molar-refractivity contribution in [3.8, 4) is 0 Å². The maximum Gasteiger partial charge on any atom is 0.269 e. The number of halogens is 1. The molecule has 0 radical (unpaired) electrons. The van der Waals surface area contributed by atoms with Gasteiger partial charge in [0.25, 0.3) is 5.69 Å². The van der Waals surface area contributed by atoms with Gasteiger partial charge in [-0.1, -0.05) is 37.6 Å². The van der Waals surface area contributed by atoms with Gasteiger partial charge in [-0.25, -0.2) is 5.84 Å². The van der Waals surface area contributed by atoms with Gasteiger partial charge in [0.05, 0.1) is 17.2 Å². The molecule has 0 aliphatic carbocycles. The lowest BCUT2D eigenvalue weighted by atomic mass is 10.1. The minimum Gasteiger partial charge on any atom is -0.307 e. The van der Waals surface area contributed by atoms with Crippen LogP contribution in [-0.2, 0) is 13.0 Å². The minimum absolute atomic E-state index is 0. The Kier molecular flexibility index (Phi) is 6.82. The standard InChI is InChI=1S/C16H19N3O2.ClH/c1-2-3-13-4-8-15(9-5-13)18(17)12-14-6-10-16(11-7-14)19(20)21;/h4-11H,2-3,12,17H2,1H3;1H. The molecule has 0 unspecified atom stereocenters. The van der Waals surface area contributed by atoms with E-state index in [1.165, 1.54) is 17.7 Å². The molecular weight excluding hydrogens is 302 g/mol. The predicted octanol–water partition coefficient (Wildman–Crippen LogP) is 3.85. The van der Waals surface area contributed by atoms with Crippen LogP contribution in [0.5, 0.6) is 0 Å². The molecule has 0 saturated heterocycles. The van der Waals surface area contributed by atoms with Crippen molar-refractivity contribution < 1.29 is 4.92 Å². The fraction of sp³-hybridized carbons (Fsp3) is 0.250. The molecule has 5 nitrogen and oxygen atoms in total. The summed E-state index contributed by atoms with van der Waals surface area (Å²) in [4.78, 5) is 10.2. The van der Waals surface area contributed by atoms with E-state index >= 15 is 0 Å². The summed E-state index contributed by atoms with van der Waals surface area (Å²) in [6, 6.07) is 14.6. The molecule has 2 aromatic carbocycles. The lowest BCUT2D eigenvalue weighted by Crippen LogP contribution is -2.29. The maximum atomic E-state index is 10.6. The number of benzene rings is 2. The number of nitro benzene ring substituents is 1. The third-order valence-corrected chi connectivity index (χ3v) is 3.31. The third-order valence-electron chi connectivity index (χ3n) is 3.31. The van der Waals surface area contributed by atoms with E-state index in [0.717, 1.165) is 24.1 Å². The molecule has 6 heteroatoms. The number of nitro groups is 1. The summed E-state index contributed by atoms with van der Waals surface area (Å²) in [6.45, 7) is 2.66. The van der Waals surface area contributed by atoms with Crippen LogP contribution in [0.4, 0.5) is 11.4 Å². The molecule has 0 heterocycles. The molecule has 22 heavy (non-hydrogen) atoms. The van der Waals surface area contributed by atoms with Gasteiger partial charge >= 0.3 is 0 Å². The van der Waals surface area contributed by atoms with Gasteiger partial charge in [0.1, 0.15) is 0 Å². The van der Waals surface area contributed by atoms with E-state index < -0.39 is 4.92 Å². The number of hydrogen-bond acceptors (Lipinski definition) is 4. The highest BCUT2D eigenvalue weighted by molar-refractivity contribution is 5.85. The highest BCUT2D eigenvalue weighted by atomic mass is 35.5. The molecule has 0 fully saturated rings. The second-order valence-electron chi connectivity index (χ2n) is 4.97. The highest BCUT2D eigenvalue weighted by Gasteiger charge is 2.06. The quantitative estimate of drug-likeness (QED) is 0.498. The average Bonchev–Trinajstić information content (AvgIpc) is 2.49. The van der Waals surface area contributed by atoms with Crippen LogP contribution in [0.2, 0.25) is 0 Å². The van der Waals surface area contributed by atoms with E-state index in [1.54, 1.807) is 17.1 Å². The molecule has 0 aliphatic heterocycles. The predicted molar refractivity (Wildman–Crippen MR) is 91.2 cm³/mol. The number of hydrogen-bond donors (Lipinski definition) is 1. The third kappa shape index (κ3) is 4.72. The number of non-ortho nitro benzene ring substituents is 1. The molecule has 0 spiro atoms. The maximum absolute atomic E-state index is 10.6. The Labute approximate surface area is 136 Å². The van der Waals surface area contributed by atoms with E-state index in [9.17, 15) is 10.1 Å². The number of rotatable bonds is 6. The topological polar surface area (TPSA) is 72.4 Å². The Morgan fingerprint density at radius 1 is 1.05 bits per heavy atom. The first-order chi connectivity index (χ1) is 10.1. The van der Waals surface area contributed by atoms with Crippen LogP contribution < -0.4 is 10.9 Å². The zero-order valence-corrected chi connectivity index (χ0v) is 13.3. The van der Waals surface area contributed by atoms with Crippen molar-refractivity contribution in [2.45, 2.75) is 26.3 Å². The Balaban J connectivity index is 0.00000242. The van der Waals surface area contributed by atoms with Crippen LogP contribution in [0.25, 0.3) is 0 Å². The first-order valence-electron chi connectivity index (χ1n) is 6.94. The van der Waals surface area contributed by atoms with Gasteiger partial charge < -0.3 is 5.01 Å². The number of hydrazine groups is 1. The van der Waals surface area contributed by atoms with Gasteiger partial charge in [-0.15, -0.1) is 12.4 Å². The molecule has 2 rings (SSSR count). The van der Waals surface area contributed by atoms with Crippen LogP contribution in [0, 0.1) is 10.1 Å². The molecule has 2 aromatic rings. The van der Waals surface area contributed by atoms with Crippen molar-refractivity contribution in [3.05, 3.63) is 69.8 Å². The van der Waals surface area contributed by atoms with Crippen molar-refractivity contribution in [1.82, 2.24) is 0 Å². The Morgan fingerprint density at radius 2 is 1.59 bits per heavy atom. The fourth-order valence-electron chi connectivity index (χ4n) is 2.15. The number of anilines is 1. The zero-order chi connectivity index (χ0) is 15.2. The largest absolute Gasteiger partial charge is 0.307 e. The second kappa shape index (κ2) is 8.36. The highest BCUT2D eigenvalue weighted by Crippen LogP contribution is 2.17. The average molecular weight is 322 g/mol. The van der Waals surface area contributed by atoms with Crippen LogP contribution in [0.1, 0.15) is 24.5 Å². The molecule has 0 atom stereocenters. The summed E-state index contributed by atoms with van der Waals surface area (Å²) in [5.74, 6) is 6.05. The van der Waals surface area contributed by atoms with Crippen LogP contribution >= 0.6 is 12.4 Å².